The van der Waals surface area contributed by atoms with Crippen molar-refractivity contribution in [3.63, 3.8) is 0 Å². The molecule has 14 heavy (non-hydrogen) atoms. The Hall–Kier alpha value is -0.800. The van der Waals surface area contributed by atoms with Crippen LogP contribution in [0, 0.1) is 12.8 Å². The van der Waals surface area contributed by atoms with Crippen molar-refractivity contribution >= 4 is 0 Å². The lowest BCUT2D eigenvalue weighted by Gasteiger charge is -2.25. The van der Waals surface area contributed by atoms with Gasteiger partial charge < -0.3 is 14.3 Å². The van der Waals surface area contributed by atoms with Crippen molar-refractivity contribution in [1.29, 1.82) is 0 Å². The van der Waals surface area contributed by atoms with Gasteiger partial charge in [0.1, 0.15) is 5.76 Å². The van der Waals surface area contributed by atoms with E-state index in [9.17, 15) is 5.11 Å². The van der Waals surface area contributed by atoms with Crippen LogP contribution < -0.4 is 0 Å². The van der Waals surface area contributed by atoms with Crippen molar-refractivity contribution in [3.05, 3.63) is 23.7 Å². The second-order valence-electron chi connectivity index (χ2n) is 3.89. The average Bonchev–Trinajstić information content (AvgIpc) is 2.65. The number of aliphatic hydroxyl groups excluding tert-OH is 1. The third-order valence-electron chi connectivity index (χ3n) is 2.80. The summed E-state index contributed by atoms with van der Waals surface area (Å²) in [4.78, 5) is 0. The van der Waals surface area contributed by atoms with Crippen LogP contribution in [0.2, 0.25) is 0 Å². The van der Waals surface area contributed by atoms with Crippen molar-refractivity contribution < 1.29 is 14.3 Å². The quantitative estimate of drug-likeness (QED) is 0.787. The summed E-state index contributed by atoms with van der Waals surface area (Å²) >= 11 is 0. The summed E-state index contributed by atoms with van der Waals surface area (Å²) < 4.78 is 10.4. The fraction of sp³-hybridized carbons (Fsp3) is 0.636. The topological polar surface area (TPSA) is 42.6 Å². The predicted octanol–water partition coefficient (Wildman–Crippen LogP) is 2.05. The van der Waals surface area contributed by atoms with Gasteiger partial charge in [-0.2, -0.15) is 0 Å². The Balaban J connectivity index is 2.03. The molecule has 1 N–H and O–H groups in total. The number of rotatable bonds is 2. The number of hydrogen-bond acceptors (Lipinski definition) is 3. The number of aliphatic hydroxyl groups is 1. The van der Waals surface area contributed by atoms with Crippen LogP contribution in [0.25, 0.3) is 0 Å². The van der Waals surface area contributed by atoms with E-state index in [1.807, 2.05) is 13.0 Å². The molecule has 0 aromatic carbocycles. The van der Waals surface area contributed by atoms with Gasteiger partial charge in [-0.1, -0.05) is 0 Å². The zero-order chi connectivity index (χ0) is 9.97. The SMILES string of the molecule is Cc1cc(C(O)C2CCOCC2)co1. The third kappa shape index (κ3) is 1.99. The minimum absolute atomic E-state index is 0.320. The lowest BCUT2D eigenvalue weighted by Crippen LogP contribution is -2.21. The standard InChI is InChI=1S/C11H16O3/c1-8-6-10(7-14-8)11(12)9-2-4-13-5-3-9/h6-7,9,11-12H,2-5H2,1H3. The van der Waals surface area contributed by atoms with E-state index in [1.54, 1.807) is 6.26 Å². The second kappa shape index (κ2) is 4.15. The molecule has 0 bridgehead atoms. The van der Waals surface area contributed by atoms with Crippen molar-refractivity contribution in [2.24, 2.45) is 5.92 Å². The molecule has 1 unspecified atom stereocenters. The lowest BCUT2D eigenvalue weighted by atomic mass is 9.90. The minimum atomic E-state index is -0.392. The maximum Gasteiger partial charge on any atom is 0.101 e. The van der Waals surface area contributed by atoms with Crippen molar-refractivity contribution in [2.75, 3.05) is 13.2 Å². The zero-order valence-electron chi connectivity index (χ0n) is 8.40. The first-order valence-corrected chi connectivity index (χ1v) is 5.08. The summed E-state index contributed by atoms with van der Waals surface area (Å²) in [6, 6.07) is 1.90. The number of aryl methyl sites for hydroxylation is 1. The molecule has 1 aromatic rings. The maximum atomic E-state index is 10.0. The molecule has 1 aliphatic heterocycles. The molecule has 1 atom stereocenters. The molecule has 78 valence electrons. The van der Waals surface area contributed by atoms with Gasteiger partial charge in [0, 0.05) is 18.8 Å². The zero-order valence-corrected chi connectivity index (χ0v) is 8.40. The first-order chi connectivity index (χ1) is 6.77. The molecule has 2 rings (SSSR count). The van der Waals surface area contributed by atoms with Crippen molar-refractivity contribution in [3.8, 4) is 0 Å². The summed E-state index contributed by atoms with van der Waals surface area (Å²) in [6.45, 7) is 3.41. The van der Waals surface area contributed by atoms with Crippen LogP contribution in [0.3, 0.4) is 0 Å². The Morgan fingerprint density at radius 3 is 2.71 bits per heavy atom. The first-order valence-electron chi connectivity index (χ1n) is 5.08. The van der Waals surface area contributed by atoms with Gasteiger partial charge in [-0.25, -0.2) is 0 Å². The molecule has 2 heterocycles. The highest BCUT2D eigenvalue weighted by Gasteiger charge is 2.24. The van der Waals surface area contributed by atoms with Gasteiger partial charge in [-0.15, -0.1) is 0 Å². The van der Waals surface area contributed by atoms with Gasteiger partial charge in [0.05, 0.1) is 12.4 Å². The Morgan fingerprint density at radius 2 is 2.14 bits per heavy atom. The van der Waals surface area contributed by atoms with Crippen LogP contribution in [0.1, 0.15) is 30.3 Å². The molecular weight excluding hydrogens is 180 g/mol. The molecule has 0 amide bonds. The molecule has 1 aromatic heterocycles. The second-order valence-corrected chi connectivity index (χ2v) is 3.89. The summed E-state index contributed by atoms with van der Waals surface area (Å²) in [7, 11) is 0. The van der Waals surface area contributed by atoms with E-state index in [1.165, 1.54) is 0 Å². The minimum Gasteiger partial charge on any atom is -0.469 e. The Bertz CT molecular complexity index is 286. The largest absolute Gasteiger partial charge is 0.469 e. The van der Waals surface area contributed by atoms with Crippen molar-refractivity contribution in [1.82, 2.24) is 0 Å². The van der Waals surface area contributed by atoms with Gasteiger partial charge in [0.15, 0.2) is 0 Å². The van der Waals surface area contributed by atoms with E-state index >= 15 is 0 Å². The number of furan rings is 1. The van der Waals surface area contributed by atoms with Crippen LogP contribution in [0.4, 0.5) is 0 Å². The smallest absolute Gasteiger partial charge is 0.101 e. The molecule has 1 aliphatic rings. The molecule has 1 fully saturated rings. The highest BCUT2D eigenvalue weighted by Crippen LogP contribution is 2.30. The van der Waals surface area contributed by atoms with Crippen LogP contribution >= 0.6 is 0 Å². The Kier molecular flexibility index (Phi) is 2.89. The van der Waals surface area contributed by atoms with E-state index in [-0.39, 0.29) is 0 Å². The van der Waals surface area contributed by atoms with Gasteiger partial charge in [-0.3, -0.25) is 0 Å². The molecule has 1 saturated heterocycles. The molecule has 0 radical (unpaired) electrons. The van der Waals surface area contributed by atoms with E-state index < -0.39 is 6.10 Å². The van der Waals surface area contributed by atoms with Crippen LogP contribution in [-0.4, -0.2) is 18.3 Å². The van der Waals surface area contributed by atoms with Crippen LogP contribution in [0.5, 0.6) is 0 Å². The highest BCUT2D eigenvalue weighted by atomic mass is 16.5. The molecule has 0 spiro atoms. The normalized spacial score (nSPS) is 21.0. The third-order valence-corrected chi connectivity index (χ3v) is 2.80. The Morgan fingerprint density at radius 1 is 1.43 bits per heavy atom. The lowest BCUT2D eigenvalue weighted by molar-refractivity contribution is 0.00698. The van der Waals surface area contributed by atoms with Gasteiger partial charge in [0.2, 0.25) is 0 Å². The first kappa shape index (κ1) is 9.74. The summed E-state index contributed by atoms with van der Waals surface area (Å²) in [5.74, 6) is 1.17. The Labute approximate surface area is 83.7 Å². The van der Waals surface area contributed by atoms with Gasteiger partial charge >= 0.3 is 0 Å². The summed E-state index contributed by atoms with van der Waals surface area (Å²) in [5, 5.41) is 10.0. The van der Waals surface area contributed by atoms with E-state index in [0.717, 1.165) is 37.4 Å². The van der Waals surface area contributed by atoms with E-state index in [4.69, 9.17) is 9.15 Å². The highest BCUT2D eigenvalue weighted by molar-refractivity contribution is 5.15. The maximum absolute atomic E-state index is 10.0. The molecule has 3 heteroatoms. The van der Waals surface area contributed by atoms with Crippen LogP contribution in [-0.2, 0) is 4.74 Å². The van der Waals surface area contributed by atoms with E-state index in [0.29, 0.717) is 5.92 Å². The molecule has 0 aliphatic carbocycles. The fourth-order valence-electron chi connectivity index (χ4n) is 1.92. The predicted molar refractivity (Wildman–Crippen MR) is 51.9 cm³/mol. The van der Waals surface area contributed by atoms with Gasteiger partial charge in [0.25, 0.3) is 0 Å². The van der Waals surface area contributed by atoms with Crippen molar-refractivity contribution in [2.45, 2.75) is 25.9 Å². The van der Waals surface area contributed by atoms with Crippen LogP contribution in [0.15, 0.2) is 16.7 Å². The fourth-order valence-corrected chi connectivity index (χ4v) is 1.92. The summed E-state index contributed by atoms with van der Waals surface area (Å²) in [6.07, 6.45) is 3.13. The number of ether oxygens (including phenoxy) is 1. The van der Waals surface area contributed by atoms with E-state index in [2.05, 4.69) is 0 Å². The van der Waals surface area contributed by atoms with Gasteiger partial charge in [-0.05, 0) is 31.7 Å². The monoisotopic (exact) mass is 196 g/mol. The molecule has 0 saturated carbocycles. The molecule has 3 nitrogen and oxygen atoms in total. The average molecular weight is 196 g/mol. The number of hydrogen-bond donors (Lipinski definition) is 1. The summed E-state index contributed by atoms with van der Waals surface area (Å²) in [5.41, 5.74) is 0.898. The molecular formula is C11H16O3.